The monoisotopic (exact) mass is 232 g/mol. The highest BCUT2D eigenvalue weighted by atomic mass is 32.1. The molecule has 2 heterocycles. The Labute approximate surface area is 91.5 Å². The molecule has 15 heavy (non-hydrogen) atoms. The summed E-state index contributed by atoms with van der Waals surface area (Å²) in [6.45, 7) is 1.59. The predicted molar refractivity (Wildman–Crippen MR) is 57.5 cm³/mol. The van der Waals surface area contributed by atoms with Crippen molar-refractivity contribution in [3.05, 3.63) is 21.9 Å². The van der Waals surface area contributed by atoms with E-state index in [0.717, 1.165) is 18.5 Å². The summed E-state index contributed by atoms with van der Waals surface area (Å²) in [5.74, 6) is 0.0361. The van der Waals surface area contributed by atoms with Gasteiger partial charge >= 0.3 is 0 Å². The van der Waals surface area contributed by atoms with Crippen LogP contribution in [0.3, 0.4) is 0 Å². The quantitative estimate of drug-likeness (QED) is 0.819. The molecule has 1 saturated heterocycles. The molecule has 0 radical (unpaired) electrons. The summed E-state index contributed by atoms with van der Waals surface area (Å²) in [6, 6.07) is -0.00153. The van der Waals surface area contributed by atoms with Crippen LogP contribution in [0, 0.1) is 0 Å². The van der Waals surface area contributed by atoms with Crippen molar-refractivity contribution in [3.63, 3.8) is 0 Å². The second kappa shape index (κ2) is 4.55. The predicted octanol–water partition coefficient (Wildman–Crippen LogP) is 2.09. The molecule has 2 rings (SSSR count). The molecule has 1 fully saturated rings. The number of thiophene rings is 1. The van der Waals surface area contributed by atoms with Gasteiger partial charge in [0.05, 0.1) is 0 Å². The van der Waals surface area contributed by atoms with E-state index < -0.39 is 6.43 Å². The summed E-state index contributed by atoms with van der Waals surface area (Å²) in [7, 11) is 0. The van der Waals surface area contributed by atoms with E-state index >= 15 is 0 Å². The van der Waals surface area contributed by atoms with Crippen molar-refractivity contribution in [2.45, 2.75) is 24.8 Å². The zero-order chi connectivity index (χ0) is 10.8. The second-order valence-electron chi connectivity index (χ2n) is 3.85. The van der Waals surface area contributed by atoms with Gasteiger partial charge in [-0.1, -0.05) is 0 Å². The molecule has 1 aromatic heterocycles. The zero-order valence-electron chi connectivity index (χ0n) is 8.25. The molecule has 2 unspecified atom stereocenters. The van der Waals surface area contributed by atoms with Gasteiger partial charge in [-0.25, -0.2) is 8.78 Å². The third-order valence-corrected chi connectivity index (χ3v) is 3.67. The minimum absolute atomic E-state index is 0.00153. The topological polar surface area (TPSA) is 38.0 Å². The third-order valence-electron chi connectivity index (χ3n) is 2.89. The first-order chi connectivity index (χ1) is 7.20. The van der Waals surface area contributed by atoms with Crippen LogP contribution in [0.15, 0.2) is 10.8 Å². The Kier molecular flexibility index (Phi) is 3.33. The zero-order valence-corrected chi connectivity index (χ0v) is 9.07. The first-order valence-corrected chi connectivity index (χ1v) is 5.95. The molecule has 84 valence electrons. The van der Waals surface area contributed by atoms with Gasteiger partial charge in [0.1, 0.15) is 0 Å². The average molecular weight is 232 g/mol. The number of nitrogens with one attached hydrogen (secondary N) is 1. The van der Waals surface area contributed by atoms with Crippen LogP contribution in [0.2, 0.25) is 0 Å². The number of piperidine rings is 1. The average Bonchev–Trinajstić information content (AvgIpc) is 2.67. The van der Waals surface area contributed by atoms with E-state index in [4.69, 9.17) is 5.73 Å². The molecule has 0 bridgehead atoms. The Morgan fingerprint density at radius 1 is 1.47 bits per heavy atom. The Balaban J connectivity index is 2.23. The molecule has 3 N–H and O–H groups in total. The normalized spacial score (nSPS) is 27.2. The number of nitrogens with two attached hydrogens (primary N) is 1. The van der Waals surface area contributed by atoms with Gasteiger partial charge in [-0.15, -0.1) is 0 Å². The lowest BCUT2D eigenvalue weighted by Gasteiger charge is -2.29. The molecule has 1 aromatic rings. The van der Waals surface area contributed by atoms with Gasteiger partial charge in [-0.05, 0) is 29.3 Å². The Morgan fingerprint density at radius 3 is 2.93 bits per heavy atom. The van der Waals surface area contributed by atoms with Crippen LogP contribution in [0.4, 0.5) is 8.78 Å². The van der Waals surface area contributed by atoms with Crippen LogP contribution < -0.4 is 11.1 Å². The summed E-state index contributed by atoms with van der Waals surface area (Å²) in [5, 5.41) is 6.53. The Hall–Kier alpha value is -0.520. The van der Waals surface area contributed by atoms with Crippen LogP contribution >= 0.6 is 11.3 Å². The van der Waals surface area contributed by atoms with Crippen molar-refractivity contribution in [1.82, 2.24) is 5.32 Å². The van der Waals surface area contributed by atoms with Gasteiger partial charge in [0.15, 0.2) is 0 Å². The number of hydrogen-bond donors (Lipinski definition) is 2. The van der Waals surface area contributed by atoms with Crippen LogP contribution in [0.25, 0.3) is 0 Å². The lowest BCUT2D eigenvalue weighted by Crippen LogP contribution is -2.43. The van der Waals surface area contributed by atoms with E-state index in [0.29, 0.717) is 6.54 Å². The molecule has 0 aliphatic carbocycles. The summed E-state index contributed by atoms with van der Waals surface area (Å²) >= 11 is 1.33. The first kappa shape index (κ1) is 11.0. The fourth-order valence-corrected chi connectivity index (χ4v) is 2.93. The molecule has 1 aliphatic heterocycles. The van der Waals surface area contributed by atoms with Crippen LogP contribution in [0.5, 0.6) is 0 Å². The summed E-state index contributed by atoms with van der Waals surface area (Å²) in [5.41, 5.74) is 6.85. The third kappa shape index (κ3) is 2.19. The molecular formula is C10H14F2N2S. The van der Waals surface area contributed by atoms with E-state index in [-0.39, 0.29) is 17.5 Å². The highest BCUT2D eigenvalue weighted by Crippen LogP contribution is 2.34. The Bertz CT molecular complexity index is 327. The van der Waals surface area contributed by atoms with Crippen molar-refractivity contribution in [3.8, 4) is 0 Å². The van der Waals surface area contributed by atoms with E-state index in [9.17, 15) is 8.78 Å². The maximum atomic E-state index is 12.7. The fourth-order valence-electron chi connectivity index (χ4n) is 2.02. The summed E-state index contributed by atoms with van der Waals surface area (Å²) < 4.78 is 25.4. The van der Waals surface area contributed by atoms with Crippen LogP contribution in [-0.2, 0) is 0 Å². The van der Waals surface area contributed by atoms with Crippen molar-refractivity contribution in [2.75, 3.05) is 13.1 Å². The van der Waals surface area contributed by atoms with Crippen molar-refractivity contribution in [1.29, 1.82) is 0 Å². The van der Waals surface area contributed by atoms with Crippen LogP contribution in [-0.4, -0.2) is 19.1 Å². The van der Waals surface area contributed by atoms with E-state index in [2.05, 4.69) is 5.32 Å². The van der Waals surface area contributed by atoms with Gasteiger partial charge in [0.25, 0.3) is 6.43 Å². The van der Waals surface area contributed by atoms with Crippen molar-refractivity contribution < 1.29 is 8.78 Å². The lowest BCUT2D eigenvalue weighted by atomic mass is 9.87. The molecule has 1 aliphatic rings. The Morgan fingerprint density at radius 2 is 2.27 bits per heavy atom. The largest absolute Gasteiger partial charge is 0.327 e. The van der Waals surface area contributed by atoms with E-state index in [1.54, 1.807) is 5.38 Å². The van der Waals surface area contributed by atoms with Crippen molar-refractivity contribution >= 4 is 11.3 Å². The standard InChI is InChI=1S/C10H14F2N2S/c11-10(12)8-5-15-4-7(8)6-3-14-2-1-9(6)13/h4-6,9-10,14H,1-3,13H2. The molecule has 0 aromatic carbocycles. The highest BCUT2D eigenvalue weighted by Gasteiger charge is 2.27. The van der Waals surface area contributed by atoms with Crippen LogP contribution in [0.1, 0.15) is 29.9 Å². The molecule has 5 heteroatoms. The van der Waals surface area contributed by atoms with Crippen molar-refractivity contribution in [2.24, 2.45) is 5.73 Å². The van der Waals surface area contributed by atoms with E-state index in [1.165, 1.54) is 16.7 Å². The molecular weight excluding hydrogens is 218 g/mol. The second-order valence-corrected chi connectivity index (χ2v) is 4.59. The number of alkyl halides is 2. The fraction of sp³-hybridized carbons (Fsp3) is 0.600. The van der Waals surface area contributed by atoms with Gasteiger partial charge in [-0.2, -0.15) is 11.3 Å². The van der Waals surface area contributed by atoms with Gasteiger partial charge in [0.2, 0.25) is 0 Å². The highest BCUT2D eigenvalue weighted by molar-refractivity contribution is 7.08. The maximum Gasteiger partial charge on any atom is 0.264 e. The molecule has 0 spiro atoms. The lowest BCUT2D eigenvalue weighted by molar-refractivity contribution is 0.149. The smallest absolute Gasteiger partial charge is 0.264 e. The molecule has 2 atom stereocenters. The number of hydrogen-bond acceptors (Lipinski definition) is 3. The molecule has 0 amide bonds. The minimum atomic E-state index is -2.39. The van der Waals surface area contributed by atoms with E-state index in [1.807, 2.05) is 0 Å². The van der Waals surface area contributed by atoms with Gasteiger partial charge < -0.3 is 11.1 Å². The van der Waals surface area contributed by atoms with Gasteiger partial charge in [-0.3, -0.25) is 0 Å². The molecule has 0 saturated carbocycles. The SMILES string of the molecule is NC1CCNCC1c1cscc1C(F)F. The number of rotatable bonds is 2. The molecule has 2 nitrogen and oxygen atoms in total. The minimum Gasteiger partial charge on any atom is -0.327 e. The number of halogens is 2. The first-order valence-electron chi connectivity index (χ1n) is 5.00. The van der Waals surface area contributed by atoms with Gasteiger partial charge in [0, 0.05) is 24.1 Å². The maximum absolute atomic E-state index is 12.7. The summed E-state index contributed by atoms with van der Waals surface area (Å²) in [4.78, 5) is 0. The summed E-state index contributed by atoms with van der Waals surface area (Å²) in [6.07, 6.45) is -1.54.